The first-order chi connectivity index (χ1) is 11.5. The standard InChI is InChI=1S/C19H29N3O2/c1-15-9-13-22(14-10-15)19(24)17-7-5-16(6-8-17)18(23)20-11-4-12-21(2)3/h5-8,15H,4,9-14H2,1-3H3,(H,20,23). The summed E-state index contributed by atoms with van der Waals surface area (Å²) in [6.07, 6.45) is 3.06. The fraction of sp³-hybridized carbons (Fsp3) is 0.579. The monoisotopic (exact) mass is 331 g/mol. The molecule has 2 amide bonds. The molecule has 0 aromatic heterocycles. The van der Waals surface area contributed by atoms with Crippen molar-refractivity contribution in [2.45, 2.75) is 26.2 Å². The number of likely N-dealkylation sites (tertiary alicyclic amines) is 1. The molecule has 0 radical (unpaired) electrons. The van der Waals surface area contributed by atoms with Crippen molar-refractivity contribution in [3.05, 3.63) is 35.4 Å². The third-order valence-corrected chi connectivity index (χ3v) is 4.53. The summed E-state index contributed by atoms with van der Waals surface area (Å²) in [5, 5.41) is 2.91. The number of nitrogens with one attached hydrogen (secondary N) is 1. The van der Waals surface area contributed by atoms with Crippen LogP contribution in [-0.4, -0.2) is 61.9 Å². The van der Waals surface area contributed by atoms with Crippen molar-refractivity contribution in [2.24, 2.45) is 5.92 Å². The van der Waals surface area contributed by atoms with E-state index >= 15 is 0 Å². The van der Waals surface area contributed by atoms with Gasteiger partial charge < -0.3 is 15.1 Å². The van der Waals surface area contributed by atoms with Gasteiger partial charge in [0.05, 0.1) is 0 Å². The van der Waals surface area contributed by atoms with Crippen LogP contribution in [0.25, 0.3) is 0 Å². The molecule has 1 aromatic rings. The van der Waals surface area contributed by atoms with Crippen LogP contribution in [0.3, 0.4) is 0 Å². The van der Waals surface area contributed by atoms with Gasteiger partial charge in [-0.2, -0.15) is 0 Å². The molecule has 0 unspecified atom stereocenters. The first-order valence-electron chi connectivity index (χ1n) is 8.79. The first kappa shape index (κ1) is 18.5. The van der Waals surface area contributed by atoms with E-state index in [2.05, 4.69) is 17.1 Å². The third-order valence-electron chi connectivity index (χ3n) is 4.53. The molecule has 0 spiro atoms. The summed E-state index contributed by atoms with van der Waals surface area (Å²) in [5.74, 6) is 0.687. The van der Waals surface area contributed by atoms with E-state index in [1.54, 1.807) is 24.3 Å². The Morgan fingerprint density at radius 2 is 1.71 bits per heavy atom. The molecule has 1 aliphatic heterocycles. The summed E-state index contributed by atoms with van der Waals surface area (Å²) in [5.41, 5.74) is 1.26. The second-order valence-electron chi connectivity index (χ2n) is 6.96. The maximum atomic E-state index is 12.5. The average molecular weight is 331 g/mol. The van der Waals surface area contributed by atoms with E-state index in [1.807, 2.05) is 19.0 Å². The molecule has 1 saturated heterocycles. The molecule has 5 heteroatoms. The summed E-state index contributed by atoms with van der Waals surface area (Å²) >= 11 is 0. The van der Waals surface area contributed by atoms with Gasteiger partial charge in [0.2, 0.25) is 0 Å². The highest BCUT2D eigenvalue weighted by Crippen LogP contribution is 2.18. The lowest BCUT2D eigenvalue weighted by Gasteiger charge is -2.30. The molecular weight excluding hydrogens is 302 g/mol. The van der Waals surface area contributed by atoms with Crippen LogP contribution in [0, 0.1) is 5.92 Å². The molecule has 0 aliphatic carbocycles. The van der Waals surface area contributed by atoms with E-state index in [-0.39, 0.29) is 11.8 Å². The zero-order chi connectivity index (χ0) is 17.5. The zero-order valence-electron chi connectivity index (χ0n) is 15.0. The highest BCUT2D eigenvalue weighted by molar-refractivity contribution is 5.97. The van der Waals surface area contributed by atoms with Gasteiger partial charge in [0.15, 0.2) is 0 Å². The average Bonchev–Trinajstić information content (AvgIpc) is 2.58. The molecule has 24 heavy (non-hydrogen) atoms. The van der Waals surface area contributed by atoms with Gasteiger partial charge in [-0.3, -0.25) is 9.59 Å². The highest BCUT2D eigenvalue weighted by atomic mass is 16.2. The highest BCUT2D eigenvalue weighted by Gasteiger charge is 2.21. The molecule has 0 saturated carbocycles. The summed E-state index contributed by atoms with van der Waals surface area (Å²) < 4.78 is 0. The molecule has 1 fully saturated rings. The number of carbonyl (C=O) groups excluding carboxylic acids is 2. The Kier molecular flexibility index (Phi) is 6.79. The maximum absolute atomic E-state index is 12.5. The van der Waals surface area contributed by atoms with E-state index in [4.69, 9.17) is 0 Å². The largest absolute Gasteiger partial charge is 0.352 e. The van der Waals surface area contributed by atoms with Crippen LogP contribution < -0.4 is 5.32 Å². The summed E-state index contributed by atoms with van der Waals surface area (Å²) in [6, 6.07) is 6.99. The molecule has 1 aliphatic rings. The summed E-state index contributed by atoms with van der Waals surface area (Å²) in [6.45, 7) is 5.49. The third kappa shape index (κ3) is 5.34. The SMILES string of the molecule is CC1CCN(C(=O)c2ccc(C(=O)NCCCN(C)C)cc2)CC1. The zero-order valence-corrected chi connectivity index (χ0v) is 15.0. The molecule has 1 N–H and O–H groups in total. The first-order valence-corrected chi connectivity index (χ1v) is 8.79. The maximum Gasteiger partial charge on any atom is 0.253 e. The van der Waals surface area contributed by atoms with Gasteiger partial charge in [-0.05, 0) is 70.1 Å². The molecule has 0 bridgehead atoms. The number of benzene rings is 1. The Bertz CT molecular complexity index is 546. The van der Waals surface area contributed by atoms with Gasteiger partial charge >= 0.3 is 0 Å². The fourth-order valence-electron chi connectivity index (χ4n) is 2.86. The Hall–Kier alpha value is -1.88. The van der Waals surface area contributed by atoms with E-state index in [9.17, 15) is 9.59 Å². The molecule has 132 valence electrons. The lowest BCUT2D eigenvalue weighted by atomic mass is 9.98. The van der Waals surface area contributed by atoms with Gasteiger partial charge in [-0.15, -0.1) is 0 Å². The number of piperidine rings is 1. The molecule has 5 nitrogen and oxygen atoms in total. The Morgan fingerprint density at radius 3 is 2.29 bits per heavy atom. The van der Waals surface area contributed by atoms with E-state index in [0.717, 1.165) is 38.9 Å². The van der Waals surface area contributed by atoms with E-state index in [1.165, 1.54) is 0 Å². The number of rotatable bonds is 6. The Labute approximate surface area is 145 Å². The lowest BCUT2D eigenvalue weighted by molar-refractivity contribution is 0.0696. The van der Waals surface area contributed by atoms with Gasteiger partial charge in [0.1, 0.15) is 0 Å². The van der Waals surface area contributed by atoms with Crippen LogP contribution in [0.2, 0.25) is 0 Å². The number of nitrogens with zero attached hydrogens (tertiary/aromatic N) is 2. The minimum absolute atomic E-state index is 0.0693. The topological polar surface area (TPSA) is 52.7 Å². The fourth-order valence-corrected chi connectivity index (χ4v) is 2.86. The van der Waals surface area contributed by atoms with Crippen LogP contribution >= 0.6 is 0 Å². The number of hydrogen-bond donors (Lipinski definition) is 1. The van der Waals surface area contributed by atoms with E-state index < -0.39 is 0 Å². The predicted octanol–water partition coefficient (Wildman–Crippen LogP) is 2.24. The Morgan fingerprint density at radius 1 is 1.12 bits per heavy atom. The van der Waals surface area contributed by atoms with Crippen molar-refractivity contribution < 1.29 is 9.59 Å². The van der Waals surface area contributed by atoms with Crippen LogP contribution in [0.4, 0.5) is 0 Å². The molecule has 1 heterocycles. The van der Waals surface area contributed by atoms with Crippen molar-refractivity contribution in [3.8, 4) is 0 Å². The van der Waals surface area contributed by atoms with Gasteiger partial charge in [-0.25, -0.2) is 0 Å². The van der Waals surface area contributed by atoms with Crippen molar-refractivity contribution in [2.75, 3.05) is 40.3 Å². The number of amides is 2. The number of carbonyl (C=O) groups is 2. The quantitative estimate of drug-likeness (QED) is 0.814. The second-order valence-corrected chi connectivity index (χ2v) is 6.96. The van der Waals surface area contributed by atoms with Crippen molar-refractivity contribution in [1.82, 2.24) is 15.1 Å². The van der Waals surface area contributed by atoms with Gasteiger partial charge in [-0.1, -0.05) is 6.92 Å². The van der Waals surface area contributed by atoms with Crippen LogP contribution in [0.5, 0.6) is 0 Å². The minimum Gasteiger partial charge on any atom is -0.352 e. The van der Waals surface area contributed by atoms with Crippen molar-refractivity contribution in [1.29, 1.82) is 0 Å². The smallest absolute Gasteiger partial charge is 0.253 e. The molecule has 0 atom stereocenters. The van der Waals surface area contributed by atoms with Crippen molar-refractivity contribution >= 4 is 11.8 Å². The molecule has 2 rings (SSSR count). The van der Waals surface area contributed by atoms with Crippen LogP contribution in [0.1, 0.15) is 46.9 Å². The van der Waals surface area contributed by atoms with E-state index in [0.29, 0.717) is 23.6 Å². The second kappa shape index (κ2) is 8.83. The van der Waals surface area contributed by atoms with Crippen LogP contribution in [-0.2, 0) is 0 Å². The summed E-state index contributed by atoms with van der Waals surface area (Å²) in [4.78, 5) is 28.6. The number of hydrogen-bond acceptors (Lipinski definition) is 3. The Balaban J connectivity index is 1.85. The van der Waals surface area contributed by atoms with Gasteiger partial charge in [0, 0.05) is 30.8 Å². The molecule has 1 aromatic carbocycles. The van der Waals surface area contributed by atoms with Crippen molar-refractivity contribution in [3.63, 3.8) is 0 Å². The lowest BCUT2D eigenvalue weighted by Crippen LogP contribution is -2.37. The summed E-state index contributed by atoms with van der Waals surface area (Å²) in [7, 11) is 4.03. The predicted molar refractivity (Wildman–Crippen MR) is 96.2 cm³/mol. The molecular formula is C19H29N3O2. The minimum atomic E-state index is -0.0837. The normalized spacial score (nSPS) is 15.6. The van der Waals surface area contributed by atoms with Gasteiger partial charge in [0.25, 0.3) is 11.8 Å². The van der Waals surface area contributed by atoms with Crippen LogP contribution in [0.15, 0.2) is 24.3 Å².